The Morgan fingerprint density at radius 1 is 1.23 bits per heavy atom. The maximum atomic E-state index is 6.01. The maximum absolute atomic E-state index is 6.01. The van der Waals surface area contributed by atoms with Crippen molar-refractivity contribution in [2.24, 2.45) is 10.7 Å². The summed E-state index contributed by atoms with van der Waals surface area (Å²) in [4.78, 5) is 8.90. The quantitative estimate of drug-likeness (QED) is 0.631. The minimum Gasteiger partial charge on any atom is -0.370 e. The first kappa shape index (κ1) is 17.0. The molecule has 1 aliphatic heterocycles. The summed E-state index contributed by atoms with van der Waals surface area (Å²) in [6.45, 7) is 4.68. The summed E-state index contributed by atoms with van der Waals surface area (Å²) in [5.74, 6) is 2.31. The summed E-state index contributed by atoms with van der Waals surface area (Å²) in [5.41, 5.74) is 9.42. The number of nitrogens with one attached hydrogen (secondary N) is 1. The molecule has 2 aromatic rings. The molecule has 26 heavy (non-hydrogen) atoms. The number of ether oxygens (including phenoxy) is 1. The van der Waals surface area contributed by atoms with E-state index in [4.69, 9.17) is 15.0 Å². The Bertz CT molecular complexity index is 812. The molecule has 1 aromatic carbocycles. The fraction of sp³-hybridized carbons (Fsp3) is 0.526. The zero-order valence-electron chi connectivity index (χ0n) is 15.2. The lowest BCUT2D eigenvalue weighted by atomic mass is 10.1. The molecule has 2 atom stereocenters. The molecule has 0 amide bonds. The highest BCUT2D eigenvalue weighted by Gasteiger charge is 2.34. The number of nitrogens with zero attached hydrogens (tertiary/aromatic N) is 3. The first-order chi connectivity index (χ1) is 12.6. The summed E-state index contributed by atoms with van der Waals surface area (Å²) in [5, 5.41) is 7.19. The van der Waals surface area contributed by atoms with E-state index in [1.165, 1.54) is 11.1 Å². The molecule has 138 valence electrons. The summed E-state index contributed by atoms with van der Waals surface area (Å²) in [7, 11) is 0. The molecule has 0 unspecified atom stereocenters. The Kier molecular flexibility index (Phi) is 4.63. The van der Waals surface area contributed by atoms with Crippen molar-refractivity contribution in [1.29, 1.82) is 0 Å². The molecule has 0 bridgehead atoms. The van der Waals surface area contributed by atoms with E-state index >= 15 is 0 Å². The standard InChI is InChI=1S/C19H25N5O2/c1-11-3-6-14(9-12(11)2)22-19(20)21-10-15-7-8-16(25-15)18-23-17(24-26-18)13-4-5-13/h3,6,9,13,15-16H,4-5,7-8,10H2,1-2H3,(H3,20,21,22)/t15-,16+/m1/s1. The van der Waals surface area contributed by atoms with Crippen LogP contribution in [0.25, 0.3) is 0 Å². The van der Waals surface area contributed by atoms with Crippen molar-refractivity contribution in [3.8, 4) is 0 Å². The molecule has 1 aliphatic carbocycles. The van der Waals surface area contributed by atoms with Gasteiger partial charge in [0, 0.05) is 11.6 Å². The molecule has 0 radical (unpaired) electrons. The maximum Gasteiger partial charge on any atom is 0.255 e. The zero-order valence-corrected chi connectivity index (χ0v) is 15.2. The van der Waals surface area contributed by atoms with Crippen LogP contribution < -0.4 is 11.1 Å². The highest BCUT2D eigenvalue weighted by atomic mass is 16.5. The van der Waals surface area contributed by atoms with Gasteiger partial charge in [0.15, 0.2) is 11.8 Å². The van der Waals surface area contributed by atoms with Crippen molar-refractivity contribution in [3.05, 3.63) is 41.0 Å². The highest BCUT2D eigenvalue weighted by Crippen LogP contribution is 2.39. The fourth-order valence-electron chi connectivity index (χ4n) is 3.11. The molecule has 2 fully saturated rings. The number of rotatable bonds is 5. The Hall–Kier alpha value is -2.41. The first-order valence-electron chi connectivity index (χ1n) is 9.21. The van der Waals surface area contributed by atoms with Crippen LogP contribution in [-0.2, 0) is 4.74 Å². The van der Waals surface area contributed by atoms with Gasteiger partial charge in [0.1, 0.15) is 6.10 Å². The smallest absolute Gasteiger partial charge is 0.255 e. The second kappa shape index (κ2) is 7.07. The molecule has 1 aromatic heterocycles. The van der Waals surface area contributed by atoms with Gasteiger partial charge in [-0.15, -0.1) is 0 Å². The molecule has 0 spiro atoms. The molecule has 3 N–H and O–H groups in total. The van der Waals surface area contributed by atoms with E-state index < -0.39 is 0 Å². The molecule has 7 heteroatoms. The topological polar surface area (TPSA) is 98.6 Å². The van der Waals surface area contributed by atoms with Gasteiger partial charge < -0.3 is 20.3 Å². The van der Waals surface area contributed by atoms with Crippen LogP contribution in [0.1, 0.15) is 60.5 Å². The van der Waals surface area contributed by atoms with Gasteiger partial charge in [-0.25, -0.2) is 0 Å². The third-order valence-electron chi connectivity index (χ3n) is 5.03. The van der Waals surface area contributed by atoms with Crippen LogP contribution in [0.3, 0.4) is 0 Å². The summed E-state index contributed by atoms with van der Waals surface area (Å²) in [6.07, 6.45) is 4.01. The van der Waals surface area contributed by atoms with Crippen molar-refractivity contribution in [3.63, 3.8) is 0 Å². The van der Waals surface area contributed by atoms with Crippen LogP contribution in [0.4, 0.5) is 5.69 Å². The van der Waals surface area contributed by atoms with Crippen molar-refractivity contribution in [1.82, 2.24) is 10.1 Å². The predicted molar refractivity (Wildman–Crippen MR) is 99.1 cm³/mol. The van der Waals surface area contributed by atoms with Crippen LogP contribution in [0.2, 0.25) is 0 Å². The summed E-state index contributed by atoms with van der Waals surface area (Å²) < 4.78 is 11.4. The van der Waals surface area contributed by atoms with Gasteiger partial charge in [-0.05, 0) is 62.8 Å². The monoisotopic (exact) mass is 355 g/mol. The lowest BCUT2D eigenvalue weighted by molar-refractivity contribution is 0.0309. The van der Waals surface area contributed by atoms with E-state index in [-0.39, 0.29) is 12.2 Å². The van der Waals surface area contributed by atoms with E-state index in [1.54, 1.807) is 0 Å². The number of aryl methyl sites for hydroxylation is 2. The third kappa shape index (κ3) is 3.88. The average molecular weight is 355 g/mol. The number of hydrogen-bond donors (Lipinski definition) is 2. The SMILES string of the molecule is Cc1ccc(NC(N)=NC[C@H]2CC[C@@H](c3nc(C4CC4)no3)O2)cc1C. The molecule has 1 saturated heterocycles. The Labute approximate surface area is 153 Å². The highest BCUT2D eigenvalue weighted by molar-refractivity contribution is 5.92. The number of aromatic nitrogens is 2. The molecule has 4 rings (SSSR count). The van der Waals surface area contributed by atoms with Gasteiger partial charge >= 0.3 is 0 Å². The Balaban J connectivity index is 1.29. The molecule has 1 saturated carbocycles. The zero-order chi connectivity index (χ0) is 18.1. The summed E-state index contributed by atoms with van der Waals surface area (Å²) in [6, 6.07) is 6.13. The second-order valence-corrected chi connectivity index (χ2v) is 7.24. The van der Waals surface area contributed by atoms with Crippen LogP contribution in [0.5, 0.6) is 0 Å². The molecule has 2 aliphatic rings. The van der Waals surface area contributed by atoms with Crippen molar-refractivity contribution in [2.45, 2.75) is 57.7 Å². The molecule has 2 heterocycles. The van der Waals surface area contributed by atoms with E-state index in [2.05, 4.69) is 46.4 Å². The van der Waals surface area contributed by atoms with Gasteiger partial charge in [-0.1, -0.05) is 11.2 Å². The predicted octanol–water partition coefficient (Wildman–Crippen LogP) is 3.21. The summed E-state index contributed by atoms with van der Waals surface area (Å²) >= 11 is 0. The number of guanidine groups is 1. The molecular weight excluding hydrogens is 330 g/mol. The number of hydrogen-bond acceptors (Lipinski definition) is 5. The van der Waals surface area contributed by atoms with Gasteiger partial charge in [-0.3, -0.25) is 4.99 Å². The molecular formula is C19H25N5O2. The van der Waals surface area contributed by atoms with Crippen LogP contribution >= 0.6 is 0 Å². The van der Waals surface area contributed by atoms with Crippen molar-refractivity contribution in [2.75, 3.05) is 11.9 Å². The second-order valence-electron chi connectivity index (χ2n) is 7.24. The Morgan fingerprint density at radius 2 is 2.08 bits per heavy atom. The van der Waals surface area contributed by atoms with E-state index in [0.717, 1.165) is 37.2 Å². The number of benzene rings is 1. The van der Waals surface area contributed by atoms with Gasteiger partial charge in [0.05, 0.1) is 12.6 Å². The lowest BCUT2D eigenvalue weighted by Gasteiger charge is -2.11. The van der Waals surface area contributed by atoms with Crippen LogP contribution in [0, 0.1) is 13.8 Å². The van der Waals surface area contributed by atoms with Gasteiger partial charge in [0.2, 0.25) is 0 Å². The normalized spacial score (nSPS) is 23.4. The lowest BCUT2D eigenvalue weighted by Crippen LogP contribution is -2.24. The minimum absolute atomic E-state index is 0.0244. The fourth-order valence-corrected chi connectivity index (χ4v) is 3.11. The van der Waals surface area contributed by atoms with Crippen molar-refractivity contribution >= 4 is 11.6 Å². The number of aliphatic imine (C=N–C) groups is 1. The van der Waals surface area contributed by atoms with Crippen molar-refractivity contribution < 1.29 is 9.26 Å². The first-order valence-corrected chi connectivity index (χ1v) is 9.21. The number of anilines is 1. The largest absolute Gasteiger partial charge is 0.370 e. The average Bonchev–Trinajstić information content (AvgIpc) is 3.17. The van der Waals surface area contributed by atoms with E-state index in [1.807, 2.05) is 6.07 Å². The van der Waals surface area contributed by atoms with E-state index in [0.29, 0.717) is 24.3 Å². The Morgan fingerprint density at radius 3 is 2.85 bits per heavy atom. The van der Waals surface area contributed by atoms with Crippen LogP contribution in [0.15, 0.2) is 27.7 Å². The third-order valence-corrected chi connectivity index (χ3v) is 5.03. The molecule has 7 nitrogen and oxygen atoms in total. The van der Waals surface area contributed by atoms with E-state index in [9.17, 15) is 0 Å². The van der Waals surface area contributed by atoms with Crippen LogP contribution in [-0.4, -0.2) is 28.7 Å². The number of nitrogens with two attached hydrogens (primary N) is 1. The van der Waals surface area contributed by atoms with Gasteiger partial charge in [-0.2, -0.15) is 4.98 Å². The van der Waals surface area contributed by atoms with Gasteiger partial charge in [0.25, 0.3) is 5.89 Å². The minimum atomic E-state index is -0.121.